The molecule has 0 N–H and O–H groups in total. The van der Waals surface area contributed by atoms with Crippen LogP contribution in [0.4, 0.5) is 0 Å². The van der Waals surface area contributed by atoms with Gasteiger partial charge >= 0.3 is 0 Å². The minimum Gasteiger partial charge on any atom is -0.304 e. The number of hydrogen-bond donors (Lipinski definition) is 0. The molecule has 1 saturated carbocycles. The molecule has 90 valence electrons. The van der Waals surface area contributed by atoms with Gasteiger partial charge in [0.1, 0.15) is 0 Å². The van der Waals surface area contributed by atoms with E-state index in [-0.39, 0.29) is 0 Å². The highest BCUT2D eigenvalue weighted by Gasteiger charge is 2.31. The zero-order valence-electron chi connectivity index (χ0n) is 10.4. The van der Waals surface area contributed by atoms with E-state index >= 15 is 0 Å². The van der Waals surface area contributed by atoms with E-state index in [1.165, 1.54) is 38.6 Å². The zero-order chi connectivity index (χ0) is 11.4. The van der Waals surface area contributed by atoms with Crippen LogP contribution in [-0.2, 0) is 0 Å². The Labute approximate surface area is 99.0 Å². The lowest BCUT2D eigenvalue weighted by Gasteiger charge is -2.44. The zero-order valence-corrected chi connectivity index (χ0v) is 10.4. The molecule has 3 heteroatoms. The van der Waals surface area contributed by atoms with Crippen LogP contribution in [0.3, 0.4) is 0 Å². The van der Waals surface area contributed by atoms with Gasteiger partial charge in [-0.05, 0) is 19.9 Å². The average Bonchev–Trinajstić information content (AvgIpc) is 2.31. The van der Waals surface area contributed by atoms with E-state index in [0.717, 1.165) is 19.1 Å². The Morgan fingerprint density at radius 3 is 2.62 bits per heavy atom. The van der Waals surface area contributed by atoms with Crippen LogP contribution < -0.4 is 0 Å². The molecule has 2 aliphatic rings. The van der Waals surface area contributed by atoms with E-state index in [4.69, 9.17) is 5.26 Å². The molecule has 1 heterocycles. The Balaban J connectivity index is 1.96. The largest absolute Gasteiger partial charge is 0.304 e. The molecule has 0 aromatic carbocycles. The summed E-state index contributed by atoms with van der Waals surface area (Å²) in [6.45, 7) is 3.40. The monoisotopic (exact) mass is 221 g/mol. The van der Waals surface area contributed by atoms with Crippen molar-refractivity contribution in [2.45, 2.75) is 50.6 Å². The maximum atomic E-state index is 8.93. The van der Waals surface area contributed by atoms with Crippen molar-refractivity contribution in [3.63, 3.8) is 0 Å². The molecule has 3 nitrogen and oxygen atoms in total. The van der Waals surface area contributed by atoms with Gasteiger partial charge in [0.05, 0.1) is 12.5 Å². The summed E-state index contributed by atoms with van der Waals surface area (Å²) in [6.07, 6.45) is 7.58. The lowest BCUT2D eigenvalue weighted by atomic mass is 9.92. The second-order valence-electron chi connectivity index (χ2n) is 5.31. The molecule has 0 aromatic rings. The van der Waals surface area contributed by atoms with Crippen LogP contribution in [0.15, 0.2) is 0 Å². The summed E-state index contributed by atoms with van der Waals surface area (Å²) < 4.78 is 0. The van der Waals surface area contributed by atoms with E-state index in [1.807, 2.05) is 0 Å². The molecule has 0 amide bonds. The maximum Gasteiger partial charge on any atom is 0.0638 e. The molecule has 1 saturated heterocycles. The van der Waals surface area contributed by atoms with Gasteiger partial charge in [-0.25, -0.2) is 0 Å². The number of nitrogens with zero attached hydrogens (tertiary/aromatic N) is 3. The van der Waals surface area contributed by atoms with Crippen LogP contribution in [0.1, 0.15) is 38.5 Å². The fourth-order valence-corrected chi connectivity index (χ4v) is 3.21. The van der Waals surface area contributed by atoms with Gasteiger partial charge in [0.15, 0.2) is 0 Å². The smallest absolute Gasteiger partial charge is 0.0638 e. The molecule has 0 radical (unpaired) electrons. The van der Waals surface area contributed by atoms with E-state index < -0.39 is 0 Å². The number of likely N-dealkylation sites (N-methyl/N-ethyl adjacent to an activating group) is 1. The Morgan fingerprint density at radius 1 is 1.19 bits per heavy atom. The third-order valence-electron chi connectivity index (χ3n) is 4.10. The fourth-order valence-electron chi connectivity index (χ4n) is 3.21. The van der Waals surface area contributed by atoms with Gasteiger partial charge in [0.25, 0.3) is 0 Å². The van der Waals surface area contributed by atoms with Crippen molar-refractivity contribution in [1.29, 1.82) is 5.26 Å². The van der Waals surface area contributed by atoms with Crippen molar-refractivity contribution in [1.82, 2.24) is 9.80 Å². The van der Waals surface area contributed by atoms with Gasteiger partial charge in [0.2, 0.25) is 0 Å². The average molecular weight is 221 g/mol. The van der Waals surface area contributed by atoms with Gasteiger partial charge < -0.3 is 4.90 Å². The molecule has 2 fully saturated rings. The predicted molar refractivity (Wildman–Crippen MR) is 65.1 cm³/mol. The van der Waals surface area contributed by atoms with Crippen molar-refractivity contribution in [2.75, 3.05) is 26.7 Å². The summed E-state index contributed by atoms with van der Waals surface area (Å²) in [4.78, 5) is 4.99. The van der Waals surface area contributed by atoms with Gasteiger partial charge in [-0.2, -0.15) is 5.26 Å². The van der Waals surface area contributed by atoms with Crippen LogP contribution in [0.2, 0.25) is 0 Å². The SMILES string of the molecule is CN1CCN(C2CCCCC2)C(CC#N)C1. The standard InChI is InChI=1S/C13H23N3/c1-15-9-10-16(13(11-15)7-8-14)12-5-3-2-4-6-12/h12-13H,2-7,9-11H2,1H3. The predicted octanol–water partition coefficient (Wildman–Crippen LogP) is 1.85. The lowest BCUT2D eigenvalue weighted by molar-refractivity contribution is 0.0393. The van der Waals surface area contributed by atoms with Gasteiger partial charge in [-0.1, -0.05) is 19.3 Å². The first kappa shape index (κ1) is 11.9. The van der Waals surface area contributed by atoms with E-state index in [2.05, 4.69) is 22.9 Å². The highest BCUT2D eigenvalue weighted by atomic mass is 15.3. The molecule has 1 aliphatic heterocycles. The van der Waals surface area contributed by atoms with Crippen LogP contribution >= 0.6 is 0 Å². The molecule has 0 bridgehead atoms. The fraction of sp³-hybridized carbons (Fsp3) is 0.923. The molecule has 16 heavy (non-hydrogen) atoms. The first-order chi connectivity index (χ1) is 7.81. The Bertz CT molecular complexity index is 252. The second-order valence-corrected chi connectivity index (χ2v) is 5.31. The molecular weight excluding hydrogens is 198 g/mol. The van der Waals surface area contributed by atoms with Crippen LogP contribution in [0, 0.1) is 11.3 Å². The summed E-state index contributed by atoms with van der Waals surface area (Å²) in [7, 11) is 2.17. The van der Waals surface area contributed by atoms with Crippen molar-refractivity contribution in [3.05, 3.63) is 0 Å². The quantitative estimate of drug-likeness (QED) is 0.713. The normalized spacial score (nSPS) is 30.1. The third-order valence-corrected chi connectivity index (χ3v) is 4.10. The Hall–Kier alpha value is -0.590. The molecule has 1 aliphatic carbocycles. The van der Waals surface area contributed by atoms with Crippen LogP contribution in [0.5, 0.6) is 0 Å². The van der Waals surface area contributed by atoms with Crippen molar-refractivity contribution in [3.8, 4) is 6.07 Å². The van der Waals surface area contributed by atoms with Crippen molar-refractivity contribution in [2.24, 2.45) is 0 Å². The molecule has 0 aromatic heterocycles. The minimum atomic E-state index is 0.479. The minimum absolute atomic E-state index is 0.479. The van der Waals surface area contributed by atoms with E-state index in [0.29, 0.717) is 12.5 Å². The van der Waals surface area contributed by atoms with E-state index in [9.17, 15) is 0 Å². The molecular formula is C13H23N3. The van der Waals surface area contributed by atoms with Gasteiger partial charge in [-0.3, -0.25) is 4.90 Å². The first-order valence-electron chi connectivity index (χ1n) is 6.62. The maximum absolute atomic E-state index is 8.93. The topological polar surface area (TPSA) is 30.3 Å². The lowest BCUT2D eigenvalue weighted by Crippen LogP contribution is -2.55. The van der Waals surface area contributed by atoms with Crippen LogP contribution in [-0.4, -0.2) is 48.6 Å². The Morgan fingerprint density at radius 2 is 1.94 bits per heavy atom. The second kappa shape index (κ2) is 5.65. The van der Waals surface area contributed by atoms with Crippen LogP contribution in [0.25, 0.3) is 0 Å². The molecule has 2 rings (SSSR count). The van der Waals surface area contributed by atoms with E-state index in [1.54, 1.807) is 0 Å². The highest BCUT2D eigenvalue weighted by Crippen LogP contribution is 2.26. The Kier molecular flexibility index (Phi) is 4.20. The molecule has 0 spiro atoms. The summed E-state index contributed by atoms with van der Waals surface area (Å²) in [5.74, 6) is 0. The van der Waals surface area contributed by atoms with Crippen molar-refractivity contribution >= 4 is 0 Å². The molecule has 1 unspecified atom stereocenters. The number of nitriles is 1. The summed E-state index contributed by atoms with van der Waals surface area (Å²) in [5, 5.41) is 8.93. The van der Waals surface area contributed by atoms with Gasteiger partial charge in [-0.15, -0.1) is 0 Å². The van der Waals surface area contributed by atoms with Gasteiger partial charge in [0, 0.05) is 31.7 Å². The summed E-state index contributed by atoms with van der Waals surface area (Å²) in [6, 6.07) is 3.60. The highest BCUT2D eigenvalue weighted by molar-refractivity contribution is 4.91. The third kappa shape index (κ3) is 2.75. The molecule has 1 atom stereocenters. The number of piperazine rings is 1. The summed E-state index contributed by atoms with van der Waals surface area (Å²) in [5.41, 5.74) is 0. The summed E-state index contributed by atoms with van der Waals surface area (Å²) >= 11 is 0. The number of rotatable bonds is 2. The first-order valence-corrected chi connectivity index (χ1v) is 6.62. The number of hydrogen-bond acceptors (Lipinski definition) is 3. The van der Waals surface area contributed by atoms with Crippen molar-refractivity contribution < 1.29 is 0 Å².